The first-order valence-corrected chi connectivity index (χ1v) is 6.15. The highest BCUT2D eigenvalue weighted by atomic mass is 16.3. The first kappa shape index (κ1) is 14.2. The number of rotatable bonds is 4. The van der Waals surface area contributed by atoms with Gasteiger partial charge in [0, 0.05) is 5.69 Å². The minimum atomic E-state index is -0.330. The average Bonchev–Trinajstić information content (AvgIpc) is 2.48. The van der Waals surface area contributed by atoms with E-state index >= 15 is 0 Å². The molecule has 0 spiro atoms. The van der Waals surface area contributed by atoms with E-state index in [0.29, 0.717) is 22.5 Å². The van der Waals surface area contributed by atoms with Gasteiger partial charge >= 0.3 is 0 Å². The van der Waals surface area contributed by atoms with Gasteiger partial charge in [0.1, 0.15) is 0 Å². The fourth-order valence-electron chi connectivity index (χ4n) is 1.77. The number of carbonyl (C=O) groups excluding carboxylic acids is 1. The molecule has 0 bridgehead atoms. The van der Waals surface area contributed by atoms with Gasteiger partial charge in [-0.1, -0.05) is 12.1 Å². The van der Waals surface area contributed by atoms with Crippen LogP contribution < -0.4 is 10.6 Å². The molecule has 104 valence electrons. The van der Waals surface area contributed by atoms with Crippen LogP contribution in [0.5, 0.6) is 0 Å². The van der Waals surface area contributed by atoms with Crippen molar-refractivity contribution in [3.63, 3.8) is 0 Å². The highest BCUT2D eigenvalue weighted by molar-refractivity contribution is 6.08. The predicted molar refractivity (Wildman–Crippen MR) is 80.9 cm³/mol. The van der Waals surface area contributed by atoms with Gasteiger partial charge in [-0.15, -0.1) is 0 Å². The minimum Gasteiger partial charge on any atom is -0.495 e. The Hall–Kier alpha value is -3.26. The van der Waals surface area contributed by atoms with Crippen LogP contribution in [0.25, 0.3) is 0 Å². The fourth-order valence-corrected chi connectivity index (χ4v) is 1.77. The van der Waals surface area contributed by atoms with Crippen LogP contribution in [-0.2, 0) is 0 Å². The third-order valence-corrected chi connectivity index (χ3v) is 2.72. The Morgan fingerprint density at radius 2 is 1.76 bits per heavy atom. The van der Waals surface area contributed by atoms with Crippen LogP contribution in [0.15, 0.2) is 61.0 Å². The molecule has 0 saturated carbocycles. The van der Waals surface area contributed by atoms with E-state index in [9.17, 15) is 9.90 Å². The quantitative estimate of drug-likeness (QED) is 0.750. The van der Waals surface area contributed by atoms with Crippen LogP contribution in [0.1, 0.15) is 15.9 Å². The summed E-state index contributed by atoms with van der Waals surface area (Å²) >= 11 is 0. The number of aliphatic hydroxyl groups is 1. The molecule has 3 N–H and O–H groups in total. The van der Waals surface area contributed by atoms with Gasteiger partial charge in [0.2, 0.25) is 0 Å². The number of hydrogen-bond acceptors (Lipinski definition) is 4. The van der Waals surface area contributed by atoms with Crippen molar-refractivity contribution in [3.05, 3.63) is 72.1 Å². The smallest absolute Gasteiger partial charge is 0.257 e. The van der Waals surface area contributed by atoms with Crippen LogP contribution >= 0.6 is 0 Å². The van der Waals surface area contributed by atoms with Gasteiger partial charge < -0.3 is 15.7 Å². The number of hydrogen-bond donors (Lipinski definition) is 3. The number of anilines is 2. The molecule has 2 aromatic rings. The van der Waals surface area contributed by atoms with Gasteiger partial charge in [-0.05, 0) is 43.0 Å². The Labute approximate surface area is 122 Å². The summed E-state index contributed by atoms with van der Waals surface area (Å²) in [5.41, 5.74) is 1.93. The zero-order chi connectivity index (χ0) is 15.2. The predicted octanol–water partition coefficient (Wildman–Crippen LogP) is 3.25. The molecular formula is C16H13N3O2. The zero-order valence-corrected chi connectivity index (χ0v) is 11.1. The molecule has 0 saturated heterocycles. The van der Waals surface area contributed by atoms with Gasteiger partial charge in [0.05, 0.1) is 22.9 Å². The third-order valence-electron chi connectivity index (χ3n) is 2.72. The highest BCUT2D eigenvalue weighted by Crippen LogP contribution is 2.18. The van der Waals surface area contributed by atoms with Gasteiger partial charge in [-0.2, -0.15) is 5.26 Å². The first-order valence-electron chi connectivity index (χ1n) is 6.15. The molecule has 0 aliphatic rings. The second-order valence-corrected chi connectivity index (χ2v) is 4.26. The number of carbonyl (C=O) groups is 1. The topological polar surface area (TPSA) is 85.2 Å². The summed E-state index contributed by atoms with van der Waals surface area (Å²) < 4.78 is 0. The summed E-state index contributed by atoms with van der Waals surface area (Å²) in [7, 11) is 0. The standard InChI is InChI=1S/C16H13N3O2/c1-11(20)18-15-5-3-2-4-14(15)16(21)19-13-8-6-12(10-17)7-9-13/h2-9,18,20H,1H2,(H,19,21). The molecule has 0 unspecified atom stereocenters. The molecule has 0 heterocycles. The zero-order valence-electron chi connectivity index (χ0n) is 11.1. The van der Waals surface area contributed by atoms with E-state index in [1.165, 1.54) is 0 Å². The number of aliphatic hydroxyl groups excluding tert-OH is 1. The molecule has 1 amide bonds. The maximum absolute atomic E-state index is 12.2. The summed E-state index contributed by atoms with van der Waals surface area (Å²) in [5, 5.41) is 23.3. The molecule has 0 fully saturated rings. The first-order chi connectivity index (χ1) is 10.1. The molecular weight excluding hydrogens is 266 g/mol. The van der Waals surface area contributed by atoms with E-state index in [1.54, 1.807) is 48.5 Å². The van der Waals surface area contributed by atoms with Gasteiger partial charge in [0.15, 0.2) is 5.88 Å². The molecule has 2 rings (SSSR count). The van der Waals surface area contributed by atoms with Crippen molar-refractivity contribution < 1.29 is 9.90 Å². The Morgan fingerprint density at radius 3 is 2.38 bits per heavy atom. The van der Waals surface area contributed by atoms with E-state index in [1.807, 2.05) is 6.07 Å². The summed E-state index contributed by atoms with van der Waals surface area (Å²) in [6, 6.07) is 15.3. The largest absolute Gasteiger partial charge is 0.495 e. The SMILES string of the molecule is C=C(O)Nc1ccccc1C(=O)Nc1ccc(C#N)cc1. The lowest BCUT2D eigenvalue weighted by Gasteiger charge is -2.11. The van der Waals surface area contributed by atoms with Crippen LogP contribution in [0, 0.1) is 11.3 Å². The summed E-state index contributed by atoms with van der Waals surface area (Å²) in [4.78, 5) is 12.2. The lowest BCUT2D eigenvalue weighted by Crippen LogP contribution is -2.14. The molecule has 2 aromatic carbocycles. The second kappa shape index (κ2) is 6.26. The van der Waals surface area contributed by atoms with Crippen LogP contribution in [0.2, 0.25) is 0 Å². The Kier molecular flexibility index (Phi) is 4.22. The van der Waals surface area contributed by atoms with Crippen molar-refractivity contribution in [3.8, 4) is 6.07 Å². The molecule has 0 aliphatic heterocycles. The van der Waals surface area contributed by atoms with Gasteiger partial charge in [0.25, 0.3) is 5.91 Å². The minimum absolute atomic E-state index is 0.242. The van der Waals surface area contributed by atoms with Gasteiger partial charge in [-0.25, -0.2) is 0 Å². The number of nitrogens with zero attached hydrogens (tertiary/aromatic N) is 1. The Bertz CT molecular complexity index is 715. The molecule has 0 aliphatic carbocycles. The van der Waals surface area contributed by atoms with Crippen molar-refractivity contribution in [1.29, 1.82) is 5.26 Å². The Balaban J connectivity index is 2.20. The average molecular weight is 279 g/mol. The van der Waals surface area contributed by atoms with Crippen molar-refractivity contribution in [2.45, 2.75) is 0 Å². The lowest BCUT2D eigenvalue weighted by molar-refractivity contribution is 0.102. The van der Waals surface area contributed by atoms with E-state index in [4.69, 9.17) is 5.26 Å². The number of nitriles is 1. The summed E-state index contributed by atoms with van der Waals surface area (Å²) in [6.45, 7) is 3.34. The highest BCUT2D eigenvalue weighted by Gasteiger charge is 2.11. The molecule has 5 heteroatoms. The van der Waals surface area contributed by atoms with Crippen LogP contribution in [-0.4, -0.2) is 11.0 Å². The maximum Gasteiger partial charge on any atom is 0.257 e. The summed E-state index contributed by atoms with van der Waals surface area (Å²) in [5.74, 6) is -0.572. The van der Waals surface area contributed by atoms with Crippen molar-refractivity contribution >= 4 is 17.3 Å². The maximum atomic E-state index is 12.2. The normalized spacial score (nSPS) is 9.48. The molecule has 21 heavy (non-hydrogen) atoms. The molecule has 0 aromatic heterocycles. The number of benzene rings is 2. The molecule has 0 atom stereocenters. The molecule has 0 radical (unpaired) electrons. The van der Waals surface area contributed by atoms with Crippen LogP contribution in [0.4, 0.5) is 11.4 Å². The van der Waals surface area contributed by atoms with E-state index in [-0.39, 0.29) is 11.8 Å². The number of nitrogens with one attached hydrogen (secondary N) is 2. The van der Waals surface area contributed by atoms with E-state index in [0.717, 1.165) is 0 Å². The van der Waals surface area contributed by atoms with E-state index in [2.05, 4.69) is 17.2 Å². The summed E-state index contributed by atoms with van der Waals surface area (Å²) in [6.07, 6.45) is 0. The molecule has 5 nitrogen and oxygen atoms in total. The number of amides is 1. The van der Waals surface area contributed by atoms with Crippen molar-refractivity contribution in [2.75, 3.05) is 10.6 Å². The van der Waals surface area contributed by atoms with Crippen molar-refractivity contribution in [1.82, 2.24) is 0 Å². The fraction of sp³-hybridized carbons (Fsp3) is 0. The monoisotopic (exact) mass is 279 g/mol. The third kappa shape index (κ3) is 3.61. The Morgan fingerprint density at radius 1 is 1.10 bits per heavy atom. The van der Waals surface area contributed by atoms with Crippen LogP contribution in [0.3, 0.4) is 0 Å². The van der Waals surface area contributed by atoms with Crippen molar-refractivity contribution in [2.24, 2.45) is 0 Å². The van der Waals surface area contributed by atoms with Gasteiger partial charge in [-0.3, -0.25) is 4.79 Å². The second-order valence-electron chi connectivity index (χ2n) is 4.26. The number of para-hydroxylation sites is 1. The lowest BCUT2D eigenvalue weighted by atomic mass is 10.1. The van der Waals surface area contributed by atoms with E-state index < -0.39 is 0 Å².